The molecule has 0 aromatic carbocycles. The first kappa shape index (κ1) is 17.8. The maximum Gasteiger partial charge on any atom is 0.231 e. The fraction of sp³-hybridized carbons (Fsp3) is 0.444. The number of piperidine rings is 1. The highest BCUT2D eigenvalue weighted by molar-refractivity contribution is 6.30. The molecule has 4 rings (SSSR count). The topological polar surface area (TPSA) is 80.3 Å². The van der Waals surface area contributed by atoms with E-state index in [4.69, 9.17) is 11.6 Å². The van der Waals surface area contributed by atoms with Gasteiger partial charge in [-0.1, -0.05) is 11.6 Å². The molecule has 0 saturated carbocycles. The van der Waals surface area contributed by atoms with Crippen molar-refractivity contribution >= 4 is 29.1 Å². The zero-order chi connectivity index (χ0) is 18.6. The molecule has 3 aromatic rings. The molecule has 1 amide bonds. The van der Waals surface area contributed by atoms with Gasteiger partial charge in [0, 0.05) is 44.8 Å². The number of hydrogen-bond donors (Lipinski definition) is 1. The first-order chi connectivity index (χ1) is 13.2. The SMILES string of the molecule is O=C(NCCCn1cccn1)C1CCCN(c2nnc3ccc(Cl)cn23)C1. The number of aryl methyl sites for hydroxylation is 1. The van der Waals surface area contributed by atoms with Crippen LogP contribution in [0.5, 0.6) is 0 Å². The lowest BCUT2D eigenvalue weighted by Crippen LogP contribution is -2.44. The summed E-state index contributed by atoms with van der Waals surface area (Å²) in [4.78, 5) is 14.7. The van der Waals surface area contributed by atoms with Crippen LogP contribution in [-0.4, -0.2) is 49.9 Å². The maximum absolute atomic E-state index is 12.6. The molecule has 1 N–H and O–H groups in total. The van der Waals surface area contributed by atoms with Crippen molar-refractivity contribution < 1.29 is 4.79 Å². The van der Waals surface area contributed by atoms with Crippen molar-refractivity contribution in [2.45, 2.75) is 25.8 Å². The van der Waals surface area contributed by atoms with Gasteiger partial charge in [0.1, 0.15) is 0 Å². The highest BCUT2D eigenvalue weighted by Crippen LogP contribution is 2.23. The molecule has 142 valence electrons. The molecular formula is C18H22ClN7O. The number of nitrogens with one attached hydrogen (secondary N) is 1. The summed E-state index contributed by atoms with van der Waals surface area (Å²) in [5.41, 5.74) is 0.750. The summed E-state index contributed by atoms with van der Waals surface area (Å²) in [6, 6.07) is 5.54. The fourth-order valence-electron chi connectivity index (χ4n) is 3.47. The van der Waals surface area contributed by atoms with Crippen LogP contribution < -0.4 is 10.2 Å². The van der Waals surface area contributed by atoms with Gasteiger partial charge in [0.2, 0.25) is 11.9 Å². The van der Waals surface area contributed by atoms with Crippen LogP contribution in [0.1, 0.15) is 19.3 Å². The van der Waals surface area contributed by atoms with Gasteiger partial charge >= 0.3 is 0 Å². The Morgan fingerprint density at radius 3 is 3.11 bits per heavy atom. The number of fused-ring (bicyclic) bond motifs is 1. The summed E-state index contributed by atoms with van der Waals surface area (Å²) in [6.07, 6.45) is 8.19. The number of carbonyl (C=O) groups excluding carboxylic acids is 1. The van der Waals surface area contributed by atoms with Crippen LogP contribution >= 0.6 is 11.6 Å². The van der Waals surface area contributed by atoms with Crippen molar-refractivity contribution in [1.29, 1.82) is 0 Å². The van der Waals surface area contributed by atoms with Gasteiger partial charge in [-0.05, 0) is 37.5 Å². The third-order valence-electron chi connectivity index (χ3n) is 4.85. The number of anilines is 1. The van der Waals surface area contributed by atoms with Gasteiger partial charge in [-0.25, -0.2) is 0 Å². The number of aromatic nitrogens is 5. The van der Waals surface area contributed by atoms with E-state index < -0.39 is 0 Å². The molecule has 1 aliphatic heterocycles. The van der Waals surface area contributed by atoms with Crippen molar-refractivity contribution in [3.63, 3.8) is 0 Å². The smallest absolute Gasteiger partial charge is 0.231 e. The molecule has 1 fully saturated rings. The molecule has 3 aromatic heterocycles. The summed E-state index contributed by atoms with van der Waals surface area (Å²) in [6.45, 7) is 2.95. The minimum Gasteiger partial charge on any atom is -0.356 e. The van der Waals surface area contributed by atoms with Crippen molar-refractivity contribution in [3.05, 3.63) is 41.8 Å². The summed E-state index contributed by atoms with van der Waals surface area (Å²) in [7, 11) is 0. The average Bonchev–Trinajstić information content (AvgIpc) is 3.34. The molecule has 0 radical (unpaired) electrons. The van der Waals surface area contributed by atoms with Crippen LogP contribution in [0.2, 0.25) is 5.02 Å². The van der Waals surface area contributed by atoms with E-state index in [0.29, 0.717) is 18.1 Å². The number of halogens is 1. The first-order valence-electron chi connectivity index (χ1n) is 9.21. The van der Waals surface area contributed by atoms with Gasteiger partial charge in [0.05, 0.1) is 10.9 Å². The van der Waals surface area contributed by atoms with Gasteiger partial charge < -0.3 is 10.2 Å². The standard InChI is InChI=1S/C18H22ClN7O/c19-15-5-6-16-22-23-18(26(16)13-15)24-9-1-4-14(12-24)17(27)20-7-2-10-25-11-3-8-21-25/h3,5-6,8,11,13-14H,1-2,4,7,9-10,12H2,(H,20,27). The van der Waals surface area contributed by atoms with E-state index in [1.165, 1.54) is 0 Å². The summed E-state index contributed by atoms with van der Waals surface area (Å²) >= 11 is 6.11. The highest BCUT2D eigenvalue weighted by atomic mass is 35.5. The second-order valence-corrected chi connectivity index (χ2v) is 7.21. The van der Waals surface area contributed by atoms with Gasteiger partial charge in [0.25, 0.3) is 0 Å². The minimum absolute atomic E-state index is 0.0463. The Morgan fingerprint density at radius 1 is 1.33 bits per heavy atom. The number of carbonyl (C=O) groups is 1. The predicted molar refractivity (Wildman–Crippen MR) is 103 cm³/mol. The average molecular weight is 388 g/mol. The van der Waals surface area contributed by atoms with Gasteiger partial charge in [-0.2, -0.15) is 5.10 Å². The van der Waals surface area contributed by atoms with Gasteiger partial charge in [0.15, 0.2) is 5.65 Å². The molecule has 0 aliphatic carbocycles. The van der Waals surface area contributed by atoms with E-state index in [2.05, 4.69) is 25.5 Å². The van der Waals surface area contributed by atoms with Crippen molar-refractivity contribution in [3.8, 4) is 0 Å². The summed E-state index contributed by atoms with van der Waals surface area (Å²) in [5.74, 6) is 0.797. The van der Waals surface area contributed by atoms with Gasteiger partial charge in [-0.15, -0.1) is 10.2 Å². The lowest BCUT2D eigenvalue weighted by Gasteiger charge is -2.32. The third kappa shape index (κ3) is 4.05. The monoisotopic (exact) mass is 387 g/mol. The molecule has 4 heterocycles. The number of amides is 1. The quantitative estimate of drug-likeness (QED) is 0.654. The second kappa shape index (κ2) is 7.96. The van der Waals surface area contributed by atoms with E-state index in [-0.39, 0.29) is 11.8 Å². The Bertz CT molecular complexity index is 908. The predicted octanol–water partition coefficient (Wildman–Crippen LogP) is 2.00. The summed E-state index contributed by atoms with van der Waals surface area (Å²) < 4.78 is 3.75. The van der Waals surface area contributed by atoms with E-state index in [1.807, 2.05) is 33.6 Å². The second-order valence-electron chi connectivity index (χ2n) is 6.77. The number of pyridine rings is 1. The normalized spacial score (nSPS) is 17.4. The van der Waals surface area contributed by atoms with Crippen molar-refractivity contribution in [2.75, 3.05) is 24.5 Å². The van der Waals surface area contributed by atoms with E-state index in [0.717, 1.165) is 43.9 Å². The summed E-state index contributed by atoms with van der Waals surface area (Å²) in [5, 5.41) is 16.3. The zero-order valence-electron chi connectivity index (χ0n) is 15.0. The number of rotatable bonds is 6. The lowest BCUT2D eigenvalue weighted by molar-refractivity contribution is -0.125. The molecule has 1 saturated heterocycles. The Balaban J connectivity index is 1.34. The first-order valence-corrected chi connectivity index (χ1v) is 9.59. The Morgan fingerprint density at radius 2 is 2.26 bits per heavy atom. The number of nitrogens with zero attached hydrogens (tertiary/aromatic N) is 6. The zero-order valence-corrected chi connectivity index (χ0v) is 15.7. The molecular weight excluding hydrogens is 366 g/mol. The third-order valence-corrected chi connectivity index (χ3v) is 5.07. The van der Waals surface area contributed by atoms with Crippen LogP contribution in [-0.2, 0) is 11.3 Å². The van der Waals surface area contributed by atoms with Crippen molar-refractivity contribution in [2.24, 2.45) is 5.92 Å². The molecule has 8 nitrogen and oxygen atoms in total. The minimum atomic E-state index is -0.0463. The van der Waals surface area contributed by atoms with E-state index in [1.54, 1.807) is 12.3 Å². The van der Waals surface area contributed by atoms with Crippen molar-refractivity contribution in [1.82, 2.24) is 29.7 Å². The number of hydrogen-bond acceptors (Lipinski definition) is 5. The largest absolute Gasteiger partial charge is 0.356 e. The Labute approximate surface area is 162 Å². The fourth-order valence-corrected chi connectivity index (χ4v) is 3.63. The van der Waals surface area contributed by atoms with Crippen LogP contribution in [0.4, 0.5) is 5.95 Å². The molecule has 1 atom stereocenters. The van der Waals surface area contributed by atoms with Gasteiger partial charge in [-0.3, -0.25) is 13.9 Å². The van der Waals surface area contributed by atoms with E-state index >= 15 is 0 Å². The van der Waals surface area contributed by atoms with Crippen LogP contribution in [0.15, 0.2) is 36.8 Å². The lowest BCUT2D eigenvalue weighted by atomic mass is 9.97. The Kier molecular flexibility index (Phi) is 5.24. The molecule has 1 unspecified atom stereocenters. The molecule has 27 heavy (non-hydrogen) atoms. The van der Waals surface area contributed by atoms with Crippen LogP contribution in [0.3, 0.4) is 0 Å². The van der Waals surface area contributed by atoms with Crippen LogP contribution in [0, 0.1) is 5.92 Å². The molecule has 0 bridgehead atoms. The van der Waals surface area contributed by atoms with Crippen LogP contribution in [0.25, 0.3) is 5.65 Å². The molecule has 0 spiro atoms. The highest BCUT2D eigenvalue weighted by Gasteiger charge is 2.28. The molecule has 9 heteroatoms. The maximum atomic E-state index is 12.6. The molecule has 1 aliphatic rings. The van der Waals surface area contributed by atoms with E-state index in [9.17, 15) is 4.79 Å². The Hall–Kier alpha value is -2.61.